The van der Waals surface area contributed by atoms with Crippen LogP contribution in [0.15, 0.2) is 54.6 Å². The monoisotopic (exact) mass is 274 g/mol. The van der Waals surface area contributed by atoms with Crippen LogP contribution < -0.4 is 14.5 Å². The molecule has 3 aromatic carbocycles. The molecular formula is C18H14N2O. The van der Waals surface area contributed by atoms with E-state index in [9.17, 15) is 0 Å². The quantitative estimate of drug-likeness (QED) is 0.600. The van der Waals surface area contributed by atoms with Gasteiger partial charge in [-0.25, -0.2) is 0 Å². The molecule has 0 spiro atoms. The summed E-state index contributed by atoms with van der Waals surface area (Å²) >= 11 is 0. The van der Waals surface area contributed by atoms with Gasteiger partial charge < -0.3 is 14.5 Å². The SMILES string of the molecule is CN1CN2c3ccc4ccccc4c3Oc3cccc1c32. The molecule has 3 heteroatoms. The van der Waals surface area contributed by atoms with Crippen molar-refractivity contribution in [1.82, 2.24) is 0 Å². The molecule has 0 radical (unpaired) electrons. The number of anilines is 3. The first-order valence-electron chi connectivity index (χ1n) is 7.14. The van der Waals surface area contributed by atoms with E-state index in [1.165, 1.54) is 22.1 Å². The van der Waals surface area contributed by atoms with Gasteiger partial charge in [0.15, 0.2) is 11.5 Å². The van der Waals surface area contributed by atoms with E-state index < -0.39 is 0 Å². The van der Waals surface area contributed by atoms with E-state index in [0.29, 0.717) is 0 Å². The first-order chi connectivity index (χ1) is 10.3. The predicted molar refractivity (Wildman–Crippen MR) is 85.9 cm³/mol. The van der Waals surface area contributed by atoms with Crippen LogP contribution in [-0.2, 0) is 0 Å². The topological polar surface area (TPSA) is 15.7 Å². The molecule has 0 bridgehead atoms. The molecule has 0 amide bonds. The fourth-order valence-corrected chi connectivity index (χ4v) is 3.39. The number of benzene rings is 3. The van der Waals surface area contributed by atoms with Gasteiger partial charge in [0.05, 0.1) is 18.0 Å². The first-order valence-corrected chi connectivity index (χ1v) is 7.14. The Balaban J connectivity index is 1.84. The highest BCUT2D eigenvalue weighted by Gasteiger charge is 2.34. The number of hydrogen-bond acceptors (Lipinski definition) is 3. The predicted octanol–water partition coefficient (Wildman–Crippen LogP) is 4.49. The van der Waals surface area contributed by atoms with Gasteiger partial charge in [0.2, 0.25) is 0 Å². The van der Waals surface area contributed by atoms with E-state index in [1.54, 1.807) is 0 Å². The lowest BCUT2D eigenvalue weighted by atomic mass is 10.1. The van der Waals surface area contributed by atoms with Crippen LogP contribution >= 0.6 is 0 Å². The van der Waals surface area contributed by atoms with E-state index in [-0.39, 0.29) is 0 Å². The van der Waals surface area contributed by atoms with E-state index in [2.05, 4.69) is 71.4 Å². The smallest absolute Gasteiger partial charge is 0.159 e. The number of fused-ring (bicyclic) bond motifs is 4. The van der Waals surface area contributed by atoms with Crippen LogP contribution in [0.5, 0.6) is 11.5 Å². The second-order valence-electron chi connectivity index (χ2n) is 5.63. The van der Waals surface area contributed by atoms with Crippen molar-refractivity contribution in [3.05, 3.63) is 54.6 Å². The Kier molecular flexibility index (Phi) is 1.94. The number of para-hydroxylation sites is 1. The van der Waals surface area contributed by atoms with Gasteiger partial charge in [0, 0.05) is 12.4 Å². The summed E-state index contributed by atoms with van der Waals surface area (Å²) in [6, 6.07) is 19.0. The van der Waals surface area contributed by atoms with Crippen molar-refractivity contribution in [1.29, 1.82) is 0 Å². The largest absolute Gasteiger partial charge is 0.452 e. The maximum Gasteiger partial charge on any atom is 0.159 e. The van der Waals surface area contributed by atoms with E-state index >= 15 is 0 Å². The second-order valence-corrected chi connectivity index (χ2v) is 5.63. The van der Waals surface area contributed by atoms with Crippen LogP contribution in [0.1, 0.15) is 0 Å². The Morgan fingerprint density at radius 1 is 0.905 bits per heavy atom. The van der Waals surface area contributed by atoms with Gasteiger partial charge in [0.1, 0.15) is 5.69 Å². The lowest BCUT2D eigenvalue weighted by Gasteiger charge is -2.29. The maximum absolute atomic E-state index is 6.26. The third kappa shape index (κ3) is 1.33. The minimum absolute atomic E-state index is 0.862. The summed E-state index contributed by atoms with van der Waals surface area (Å²) in [6.07, 6.45) is 0. The molecule has 0 saturated heterocycles. The second kappa shape index (κ2) is 3.70. The summed E-state index contributed by atoms with van der Waals surface area (Å²) in [4.78, 5) is 4.60. The van der Waals surface area contributed by atoms with Gasteiger partial charge >= 0.3 is 0 Å². The number of nitrogens with zero attached hydrogens (tertiary/aromatic N) is 2. The summed E-state index contributed by atoms with van der Waals surface area (Å²) in [5.74, 6) is 1.91. The highest BCUT2D eigenvalue weighted by molar-refractivity contribution is 6.00. The molecule has 0 N–H and O–H groups in total. The van der Waals surface area contributed by atoms with Gasteiger partial charge in [-0.05, 0) is 23.6 Å². The van der Waals surface area contributed by atoms with Crippen molar-refractivity contribution in [2.24, 2.45) is 0 Å². The molecule has 3 aromatic rings. The Hall–Kier alpha value is -2.68. The Morgan fingerprint density at radius 3 is 2.76 bits per heavy atom. The summed E-state index contributed by atoms with van der Waals surface area (Å²) in [6.45, 7) is 0.862. The third-order valence-electron chi connectivity index (χ3n) is 4.37. The van der Waals surface area contributed by atoms with Crippen molar-refractivity contribution >= 4 is 27.8 Å². The van der Waals surface area contributed by atoms with Crippen molar-refractivity contribution in [2.45, 2.75) is 0 Å². The minimum Gasteiger partial charge on any atom is -0.452 e. The van der Waals surface area contributed by atoms with Gasteiger partial charge in [-0.15, -0.1) is 0 Å². The molecule has 21 heavy (non-hydrogen) atoms. The van der Waals surface area contributed by atoms with Gasteiger partial charge in [-0.3, -0.25) is 0 Å². The lowest BCUT2D eigenvalue weighted by Crippen LogP contribution is -2.25. The van der Waals surface area contributed by atoms with Crippen LogP contribution in [0.2, 0.25) is 0 Å². The Morgan fingerprint density at radius 2 is 1.81 bits per heavy atom. The average Bonchev–Trinajstić information content (AvgIpc) is 2.86. The van der Waals surface area contributed by atoms with Gasteiger partial charge in [-0.1, -0.05) is 36.4 Å². The summed E-state index contributed by atoms with van der Waals surface area (Å²) < 4.78 is 6.26. The van der Waals surface area contributed by atoms with E-state index in [0.717, 1.165) is 23.9 Å². The van der Waals surface area contributed by atoms with Gasteiger partial charge in [0.25, 0.3) is 0 Å². The third-order valence-corrected chi connectivity index (χ3v) is 4.37. The number of ether oxygens (including phenoxy) is 1. The van der Waals surface area contributed by atoms with Crippen molar-refractivity contribution in [3.63, 3.8) is 0 Å². The maximum atomic E-state index is 6.26. The molecule has 0 aliphatic carbocycles. The fraction of sp³-hybridized carbons (Fsp3) is 0.111. The fourth-order valence-electron chi connectivity index (χ4n) is 3.39. The zero-order valence-electron chi connectivity index (χ0n) is 11.7. The molecule has 3 nitrogen and oxygen atoms in total. The number of hydrogen-bond donors (Lipinski definition) is 0. The average molecular weight is 274 g/mol. The van der Waals surface area contributed by atoms with Crippen LogP contribution in [0.4, 0.5) is 17.1 Å². The highest BCUT2D eigenvalue weighted by atomic mass is 16.5. The van der Waals surface area contributed by atoms with E-state index in [4.69, 9.17) is 4.74 Å². The molecule has 2 aliphatic heterocycles. The minimum atomic E-state index is 0.862. The molecule has 0 aromatic heterocycles. The van der Waals surface area contributed by atoms with Crippen molar-refractivity contribution in [2.75, 3.05) is 23.5 Å². The standard InChI is InChI=1S/C18H14N2O/c1-19-11-20-15-10-9-12-5-2-3-6-13(12)18(15)21-16-8-4-7-14(19)17(16)20/h2-10H,11H2,1H3. The molecule has 5 rings (SSSR count). The summed E-state index contributed by atoms with van der Waals surface area (Å²) in [5, 5.41) is 2.38. The van der Waals surface area contributed by atoms with Crippen LogP contribution in [0.25, 0.3) is 10.8 Å². The van der Waals surface area contributed by atoms with Crippen molar-refractivity contribution in [3.8, 4) is 11.5 Å². The Bertz CT molecular complexity index is 888. The molecular weight excluding hydrogens is 260 g/mol. The highest BCUT2D eigenvalue weighted by Crippen LogP contribution is 2.55. The molecule has 2 heterocycles. The van der Waals surface area contributed by atoms with Crippen LogP contribution in [-0.4, -0.2) is 13.7 Å². The Labute approximate surface area is 123 Å². The van der Waals surface area contributed by atoms with Gasteiger partial charge in [-0.2, -0.15) is 0 Å². The van der Waals surface area contributed by atoms with E-state index in [1.807, 2.05) is 0 Å². The normalized spacial score (nSPS) is 14.9. The summed E-state index contributed by atoms with van der Waals surface area (Å²) in [7, 11) is 2.12. The molecule has 0 saturated carbocycles. The molecule has 0 unspecified atom stereocenters. The molecule has 0 fully saturated rings. The van der Waals surface area contributed by atoms with Crippen LogP contribution in [0.3, 0.4) is 0 Å². The van der Waals surface area contributed by atoms with Crippen LogP contribution in [0, 0.1) is 0 Å². The first kappa shape index (κ1) is 11.0. The molecule has 2 aliphatic rings. The molecule has 0 atom stereocenters. The van der Waals surface area contributed by atoms with Crippen molar-refractivity contribution < 1.29 is 4.74 Å². The number of rotatable bonds is 0. The zero-order valence-corrected chi connectivity index (χ0v) is 11.7. The molecule has 102 valence electrons. The summed E-state index contributed by atoms with van der Waals surface area (Å²) in [5.41, 5.74) is 3.56. The lowest BCUT2D eigenvalue weighted by molar-refractivity contribution is 0.481. The zero-order chi connectivity index (χ0) is 14.0.